The van der Waals surface area contributed by atoms with E-state index in [1.807, 2.05) is 0 Å². The predicted molar refractivity (Wildman–Crippen MR) is 85.7 cm³/mol. The first-order chi connectivity index (χ1) is 10.7. The number of alkyl carbamates (subject to hydrolysis) is 1. The van der Waals surface area contributed by atoms with E-state index in [0.717, 1.165) is 0 Å². The minimum Gasteiger partial charge on any atom is -0.444 e. The highest BCUT2D eigenvalue weighted by atomic mass is 19.1. The molecule has 4 N–H and O–H groups in total. The third kappa shape index (κ3) is 3.74. The van der Waals surface area contributed by atoms with E-state index in [4.69, 9.17) is 10.5 Å². The monoisotopic (exact) mass is 327 g/mol. The first-order valence-electron chi connectivity index (χ1n) is 7.79. The molecular formula is C15H26FN5O2. The molecule has 23 heavy (non-hydrogen) atoms. The summed E-state index contributed by atoms with van der Waals surface area (Å²) in [5.41, 5.74) is 4.91. The van der Waals surface area contributed by atoms with Crippen molar-refractivity contribution < 1.29 is 13.9 Å². The molecule has 2 heterocycles. The number of nitrogen functional groups attached to an aromatic ring is 1. The SMILES string of the molecule is Cn1ncc(N)c1[C@]1(NC(=O)OC(C)(C)C)CCNCC[C@H]1F. The lowest BCUT2D eigenvalue weighted by Gasteiger charge is -2.37. The first kappa shape index (κ1) is 17.5. The molecule has 0 spiro atoms. The van der Waals surface area contributed by atoms with Crippen LogP contribution in [-0.2, 0) is 17.3 Å². The lowest BCUT2D eigenvalue weighted by Crippen LogP contribution is -2.55. The van der Waals surface area contributed by atoms with Gasteiger partial charge in [-0.05, 0) is 46.7 Å². The summed E-state index contributed by atoms with van der Waals surface area (Å²) in [6.45, 7) is 6.38. The fourth-order valence-electron chi connectivity index (χ4n) is 3.00. The van der Waals surface area contributed by atoms with Crippen molar-refractivity contribution in [3.63, 3.8) is 0 Å². The number of nitrogens with zero attached hydrogens (tertiary/aromatic N) is 2. The Bertz CT molecular complexity index is 549. The van der Waals surface area contributed by atoms with Crippen LogP contribution in [0.4, 0.5) is 14.9 Å². The van der Waals surface area contributed by atoms with Crippen molar-refractivity contribution in [3.05, 3.63) is 11.9 Å². The molecule has 8 heteroatoms. The van der Waals surface area contributed by atoms with Gasteiger partial charge in [0.1, 0.15) is 17.3 Å². The molecule has 0 unspecified atom stereocenters. The van der Waals surface area contributed by atoms with Crippen molar-refractivity contribution in [3.8, 4) is 0 Å². The van der Waals surface area contributed by atoms with E-state index in [0.29, 0.717) is 30.9 Å². The zero-order chi connectivity index (χ0) is 17.3. The molecule has 1 fully saturated rings. The highest BCUT2D eigenvalue weighted by Crippen LogP contribution is 2.37. The molecule has 1 saturated heterocycles. The number of aromatic nitrogens is 2. The van der Waals surface area contributed by atoms with Crippen LogP contribution in [0, 0.1) is 0 Å². The lowest BCUT2D eigenvalue weighted by atomic mass is 9.84. The van der Waals surface area contributed by atoms with Gasteiger partial charge in [0.25, 0.3) is 0 Å². The molecule has 1 aliphatic rings. The van der Waals surface area contributed by atoms with Gasteiger partial charge < -0.3 is 21.1 Å². The van der Waals surface area contributed by atoms with E-state index in [1.165, 1.54) is 10.9 Å². The second kappa shape index (κ2) is 6.35. The van der Waals surface area contributed by atoms with Crippen molar-refractivity contribution in [2.24, 2.45) is 7.05 Å². The van der Waals surface area contributed by atoms with E-state index in [9.17, 15) is 4.79 Å². The van der Waals surface area contributed by atoms with Gasteiger partial charge in [0, 0.05) is 7.05 Å². The van der Waals surface area contributed by atoms with Gasteiger partial charge in [0.15, 0.2) is 0 Å². The Hall–Kier alpha value is -1.83. The standard InChI is InChI=1S/C15H26FN5O2/c1-14(2,3)23-13(22)20-15(6-8-18-7-5-11(15)16)12-10(17)9-19-21(12)4/h9,11,18H,5-8,17H2,1-4H3,(H,20,22)/t11-,15+/m1/s1. The van der Waals surface area contributed by atoms with Gasteiger partial charge in [-0.15, -0.1) is 0 Å². The van der Waals surface area contributed by atoms with E-state index in [-0.39, 0.29) is 6.42 Å². The van der Waals surface area contributed by atoms with Gasteiger partial charge >= 0.3 is 6.09 Å². The van der Waals surface area contributed by atoms with Crippen LogP contribution in [0.1, 0.15) is 39.3 Å². The van der Waals surface area contributed by atoms with Crippen LogP contribution >= 0.6 is 0 Å². The molecule has 0 aliphatic carbocycles. The summed E-state index contributed by atoms with van der Waals surface area (Å²) >= 11 is 0. The molecule has 2 atom stereocenters. The fourth-order valence-corrected chi connectivity index (χ4v) is 3.00. The lowest BCUT2D eigenvalue weighted by molar-refractivity contribution is 0.0343. The van der Waals surface area contributed by atoms with Crippen LogP contribution in [0.25, 0.3) is 0 Å². The molecular weight excluding hydrogens is 301 g/mol. The Kier molecular flexibility index (Phi) is 4.84. The van der Waals surface area contributed by atoms with Crippen molar-refractivity contribution in [1.82, 2.24) is 20.4 Å². The highest BCUT2D eigenvalue weighted by Gasteiger charge is 2.47. The number of hydrogen-bond acceptors (Lipinski definition) is 5. The van der Waals surface area contributed by atoms with Crippen molar-refractivity contribution in [2.45, 2.75) is 50.9 Å². The number of alkyl halides is 1. The van der Waals surface area contributed by atoms with Crippen LogP contribution in [0.5, 0.6) is 0 Å². The van der Waals surface area contributed by atoms with Crippen LogP contribution in [-0.4, -0.2) is 40.7 Å². The summed E-state index contributed by atoms with van der Waals surface area (Å²) in [4.78, 5) is 12.3. The number of hydrogen-bond donors (Lipinski definition) is 3. The van der Waals surface area contributed by atoms with Crippen molar-refractivity contribution >= 4 is 11.8 Å². The van der Waals surface area contributed by atoms with Gasteiger partial charge in [-0.3, -0.25) is 4.68 Å². The molecule has 1 aliphatic heterocycles. The maximum Gasteiger partial charge on any atom is 0.408 e. The Morgan fingerprint density at radius 2 is 2.26 bits per heavy atom. The molecule has 1 aromatic heterocycles. The Balaban J connectivity index is 2.41. The Morgan fingerprint density at radius 3 is 2.83 bits per heavy atom. The summed E-state index contributed by atoms with van der Waals surface area (Å²) < 4.78 is 21.9. The normalized spacial score (nSPS) is 25.7. The molecule has 1 aromatic rings. The van der Waals surface area contributed by atoms with E-state index in [1.54, 1.807) is 27.8 Å². The number of rotatable bonds is 2. The zero-order valence-electron chi connectivity index (χ0n) is 14.1. The Morgan fingerprint density at radius 1 is 1.57 bits per heavy atom. The van der Waals surface area contributed by atoms with Crippen LogP contribution in [0.15, 0.2) is 6.20 Å². The average molecular weight is 327 g/mol. The van der Waals surface area contributed by atoms with Crippen LogP contribution in [0.2, 0.25) is 0 Å². The number of ether oxygens (including phenoxy) is 1. The number of nitrogens with one attached hydrogen (secondary N) is 2. The minimum absolute atomic E-state index is 0.264. The Labute approximate surface area is 135 Å². The van der Waals surface area contributed by atoms with Gasteiger partial charge in [0.05, 0.1) is 17.6 Å². The topological polar surface area (TPSA) is 94.2 Å². The number of aryl methyl sites for hydroxylation is 1. The maximum atomic E-state index is 15.1. The molecule has 2 rings (SSSR count). The zero-order valence-corrected chi connectivity index (χ0v) is 14.1. The number of carbonyl (C=O) groups is 1. The largest absolute Gasteiger partial charge is 0.444 e. The summed E-state index contributed by atoms with van der Waals surface area (Å²) in [6.07, 6.45) is 0.126. The summed E-state index contributed by atoms with van der Waals surface area (Å²) in [5, 5.41) is 9.99. The molecule has 0 bridgehead atoms. The molecule has 130 valence electrons. The molecule has 0 radical (unpaired) electrons. The summed E-state index contributed by atoms with van der Waals surface area (Å²) in [6, 6.07) is 0. The van der Waals surface area contributed by atoms with Gasteiger partial charge in [-0.2, -0.15) is 5.10 Å². The number of halogens is 1. The van der Waals surface area contributed by atoms with E-state index < -0.39 is 23.4 Å². The van der Waals surface area contributed by atoms with Crippen molar-refractivity contribution in [1.29, 1.82) is 0 Å². The van der Waals surface area contributed by atoms with Gasteiger partial charge in [-0.25, -0.2) is 9.18 Å². The second-order valence-corrected chi connectivity index (χ2v) is 6.93. The second-order valence-electron chi connectivity index (χ2n) is 6.93. The smallest absolute Gasteiger partial charge is 0.408 e. The van der Waals surface area contributed by atoms with E-state index in [2.05, 4.69) is 15.7 Å². The summed E-state index contributed by atoms with van der Waals surface area (Å²) in [5.74, 6) is 0. The molecule has 0 saturated carbocycles. The highest BCUT2D eigenvalue weighted by molar-refractivity contribution is 5.70. The summed E-state index contributed by atoms with van der Waals surface area (Å²) in [7, 11) is 1.69. The molecule has 1 amide bonds. The fraction of sp³-hybridized carbons (Fsp3) is 0.733. The quantitative estimate of drug-likeness (QED) is 0.764. The minimum atomic E-state index is -1.30. The van der Waals surface area contributed by atoms with Crippen molar-refractivity contribution in [2.75, 3.05) is 18.8 Å². The molecule has 7 nitrogen and oxygen atoms in total. The third-order valence-corrected chi connectivity index (χ3v) is 3.92. The third-order valence-electron chi connectivity index (χ3n) is 3.92. The van der Waals surface area contributed by atoms with Gasteiger partial charge in [0.2, 0.25) is 0 Å². The van der Waals surface area contributed by atoms with Crippen LogP contribution in [0.3, 0.4) is 0 Å². The number of amides is 1. The number of anilines is 1. The number of carbonyl (C=O) groups excluding carboxylic acids is 1. The average Bonchev–Trinajstić information content (AvgIpc) is 2.63. The molecule has 0 aromatic carbocycles. The number of nitrogens with two attached hydrogens (primary N) is 1. The van der Waals surface area contributed by atoms with E-state index >= 15 is 4.39 Å². The van der Waals surface area contributed by atoms with Crippen LogP contribution < -0.4 is 16.4 Å². The maximum absolute atomic E-state index is 15.1. The first-order valence-corrected chi connectivity index (χ1v) is 7.79. The predicted octanol–water partition coefficient (Wildman–Crippen LogP) is 1.44. The van der Waals surface area contributed by atoms with Gasteiger partial charge in [-0.1, -0.05) is 0 Å².